The molecule has 3 aromatic rings. The molecule has 1 heterocycles. The number of methoxy groups -OCH3 is 2. The number of tetrazole rings is 1. The summed E-state index contributed by atoms with van der Waals surface area (Å²) in [4.78, 5) is 25.3. The average molecular weight is 411 g/mol. The molecular formula is C20H21N5O5. The number of amides is 1. The van der Waals surface area contributed by atoms with Crippen molar-refractivity contribution in [2.75, 3.05) is 26.1 Å². The summed E-state index contributed by atoms with van der Waals surface area (Å²) in [5.41, 5.74) is 1.48. The molecule has 10 heteroatoms. The van der Waals surface area contributed by atoms with Gasteiger partial charge in [0.25, 0.3) is 0 Å². The Labute approximate surface area is 172 Å². The summed E-state index contributed by atoms with van der Waals surface area (Å²) >= 11 is 0. The number of benzene rings is 2. The van der Waals surface area contributed by atoms with Crippen molar-refractivity contribution in [1.29, 1.82) is 0 Å². The first-order chi connectivity index (χ1) is 14.5. The topological polar surface area (TPSA) is 117 Å². The molecule has 2 aromatic carbocycles. The summed E-state index contributed by atoms with van der Waals surface area (Å²) in [7, 11) is 3.08. The smallest absolute Gasteiger partial charge is 0.338 e. The molecule has 0 aliphatic heterocycles. The van der Waals surface area contributed by atoms with E-state index in [4.69, 9.17) is 14.2 Å². The van der Waals surface area contributed by atoms with Gasteiger partial charge < -0.3 is 19.5 Å². The maximum absolute atomic E-state index is 12.3. The van der Waals surface area contributed by atoms with Gasteiger partial charge in [0, 0.05) is 11.3 Å². The number of hydrogen-bond donors (Lipinski definition) is 1. The molecular weight excluding hydrogens is 390 g/mol. The van der Waals surface area contributed by atoms with Crippen molar-refractivity contribution in [3.05, 3.63) is 48.0 Å². The number of ether oxygens (including phenoxy) is 3. The Hall–Kier alpha value is -3.95. The maximum atomic E-state index is 12.3. The van der Waals surface area contributed by atoms with Crippen LogP contribution < -0.4 is 14.8 Å². The zero-order chi connectivity index (χ0) is 21.5. The summed E-state index contributed by atoms with van der Waals surface area (Å²) in [6.07, 6.45) is 0. The minimum absolute atomic E-state index is 0.149. The number of carbonyl (C=O) groups is 2. The molecule has 30 heavy (non-hydrogen) atoms. The largest absolute Gasteiger partial charge is 0.493 e. The third-order valence-corrected chi connectivity index (χ3v) is 4.04. The van der Waals surface area contributed by atoms with E-state index in [0.29, 0.717) is 34.1 Å². The molecule has 156 valence electrons. The molecule has 0 atom stereocenters. The van der Waals surface area contributed by atoms with Crippen LogP contribution in [0.4, 0.5) is 5.69 Å². The summed E-state index contributed by atoms with van der Waals surface area (Å²) in [6, 6.07) is 11.7. The quantitative estimate of drug-likeness (QED) is 0.561. The molecule has 0 spiro atoms. The number of aromatic nitrogens is 4. The summed E-state index contributed by atoms with van der Waals surface area (Å²) in [5.74, 6) is 0.634. The number of rotatable bonds is 8. The Balaban J connectivity index is 1.67. The molecule has 1 N–H and O–H groups in total. The van der Waals surface area contributed by atoms with Crippen LogP contribution >= 0.6 is 0 Å². The van der Waals surface area contributed by atoms with Crippen LogP contribution in [-0.2, 0) is 16.1 Å². The Morgan fingerprint density at radius 2 is 1.87 bits per heavy atom. The van der Waals surface area contributed by atoms with Gasteiger partial charge in [-0.25, -0.2) is 4.79 Å². The molecule has 0 saturated carbocycles. The van der Waals surface area contributed by atoms with Crippen molar-refractivity contribution in [3.63, 3.8) is 0 Å². The fraction of sp³-hybridized carbons (Fsp3) is 0.250. The fourth-order valence-corrected chi connectivity index (χ4v) is 2.67. The lowest BCUT2D eigenvalue weighted by Crippen LogP contribution is -2.20. The monoisotopic (exact) mass is 411 g/mol. The van der Waals surface area contributed by atoms with Gasteiger partial charge in [-0.1, -0.05) is 6.07 Å². The van der Waals surface area contributed by atoms with Crippen LogP contribution in [0.3, 0.4) is 0 Å². The van der Waals surface area contributed by atoms with Crippen LogP contribution in [0, 0.1) is 0 Å². The van der Waals surface area contributed by atoms with Gasteiger partial charge >= 0.3 is 5.97 Å². The average Bonchev–Trinajstić information content (AvgIpc) is 3.21. The molecule has 0 saturated heterocycles. The number of nitrogens with zero attached hydrogens (tertiary/aromatic N) is 4. The van der Waals surface area contributed by atoms with E-state index in [1.807, 2.05) is 0 Å². The van der Waals surface area contributed by atoms with Gasteiger partial charge in [0.2, 0.25) is 11.7 Å². The first kappa shape index (κ1) is 20.8. The SMILES string of the molecule is CCOC(=O)c1cccc(NC(=O)Cn2nnc(-c3ccc(OC)c(OC)c3)n2)c1. The Morgan fingerprint density at radius 3 is 2.60 bits per heavy atom. The van der Waals surface area contributed by atoms with Crippen LogP contribution in [-0.4, -0.2) is 52.9 Å². The third kappa shape index (κ3) is 4.90. The first-order valence-electron chi connectivity index (χ1n) is 9.11. The lowest BCUT2D eigenvalue weighted by Gasteiger charge is -2.07. The van der Waals surface area contributed by atoms with Crippen LogP contribution in [0.1, 0.15) is 17.3 Å². The van der Waals surface area contributed by atoms with Gasteiger partial charge in [-0.15, -0.1) is 10.2 Å². The van der Waals surface area contributed by atoms with Crippen molar-refractivity contribution >= 4 is 17.6 Å². The highest BCUT2D eigenvalue weighted by Gasteiger charge is 2.13. The number of anilines is 1. The van der Waals surface area contributed by atoms with Gasteiger partial charge in [-0.2, -0.15) is 4.80 Å². The van der Waals surface area contributed by atoms with Gasteiger partial charge in [-0.3, -0.25) is 4.79 Å². The van der Waals surface area contributed by atoms with Crippen LogP contribution in [0.5, 0.6) is 11.5 Å². The second-order valence-electron chi connectivity index (χ2n) is 6.06. The van der Waals surface area contributed by atoms with Gasteiger partial charge in [0.15, 0.2) is 11.5 Å². The van der Waals surface area contributed by atoms with Gasteiger partial charge in [0.05, 0.1) is 26.4 Å². The number of nitrogens with one attached hydrogen (secondary N) is 1. The molecule has 0 radical (unpaired) electrons. The minimum atomic E-state index is -0.453. The zero-order valence-corrected chi connectivity index (χ0v) is 16.8. The number of esters is 1. The summed E-state index contributed by atoms with van der Waals surface area (Å²) < 4.78 is 15.4. The van der Waals surface area contributed by atoms with E-state index >= 15 is 0 Å². The molecule has 3 rings (SSSR count). The molecule has 0 unspecified atom stereocenters. The van der Waals surface area contributed by atoms with Crippen LogP contribution in [0.15, 0.2) is 42.5 Å². The van der Waals surface area contributed by atoms with Crippen molar-refractivity contribution in [2.24, 2.45) is 0 Å². The molecule has 1 aromatic heterocycles. The second-order valence-corrected chi connectivity index (χ2v) is 6.06. The highest BCUT2D eigenvalue weighted by molar-refractivity contribution is 5.94. The minimum Gasteiger partial charge on any atom is -0.493 e. The molecule has 0 bridgehead atoms. The predicted octanol–water partition coefficient (Wildman–Crippen LogP) is 2.17. The fourth-order valence-electron chi connectivity index (χ4n) is 2.67. The molecule has 1 amide bonds. The van der Waals surface area contributed by atoms with E-state index in [1.165, 1.54) is 11.9 Å². The van der Waals surface area contributed by atoms with E-state index in [1.54, 1.807) is 56.5 Å². The van der Waals surface area contributed by atoms with E-state index < -0.39 is 5.97 Å². The van der Waals surface area contributed by atoms with E-state index in [9.17, 15) is 9.59 Å². The molecule has 0 aliphatic carbocycles. The first-order valence-corrected chi connectivity index (χ1v) is 9.11. The summed E-state index contributed by atoms with van der Waals surface area (Å²) in [6.45, 7) is 1.85. The van der Waals surface area contributed by atoms with E-state index in [0.717, 1.165) is 0 Å². The highest BCUT2D eigenvalue weighted by atomic mass is 16.5. The van der Waals surface area contributed by atoms with Crippen molar-refractivity contribution in [3.8, 4) is 22.9 Å². The number of carbonyl (C=O) groups excluding carboxylic acids is 2. The van der Waals surface area contributed by atoms with Gasteiger partial charge in [0.1, 0.15) is 6.54 Å². The van der Waals surface area contributed by atoms with E-state index in [-0.39, 0.29) is 19.1 Å². The molecule has 10 nitrogen and oxygen atoms in total. The Bertz CT molecular complexity index is 1050. The van der Waals surface area contributed by atoms with Crippen molar-refractivity contribution < 1.29 is 23.8 Å². The number of hydrogen-bond acceptors (Lipinski definition) is 8. The van der Waals surface area contributed by atoms with E-state index in [2.05, 4.69) is 20.7 Å². The normalized spacial score (nSPS) is 10.4. The van der Waals surface area contributed by atoms with Gasteiger partial charge in [-0.05, 0) is 48.5 Å². The second kappa shape index (κ2) is 9.50. The molecule has 0 fully saturated rings. The zero-order valence-electron chi connectivity index (χ0n) is 16.8. The third-order valence-electron chi connectivity index (χ3n) is 4.04. The Kier molecular flexibility index (Phi) is 6.58. The Morgan fingerprint density at radius 1 is 1.07 bits per heavy atom. The standard InChI is InChI=1S/C20H21N5O5/c1-4-30-20(27)14-6-5-7-15(10-14)21-18(26)12-25-23-19(22-24-25)13-8-9-16(28-2)17(11-13)29-3/h5-11H,4,12H2,1-3H3,(H,21,26). The highest BCUT2D eigenvalue weighted by Crippen LogP contribution is 2.30. The molecule has 0 aliphatic rings. The maximum Gasteiger partial charge on any atom is 0.338 e. The predicted molar refractivity (Wildman–Crippen MR) is 107 cm³/mol. The van der Waals surface area contributed by atoms with Crippen molar-refractivity contribution in [1.82, 2.24) is 20.2 Å². The van der Waals surface area contributed by atoms with Crippen LogP contribution in [0.2, 0.25) is 0 Å². The lowest BCUT2D eigenvalue weighted by atomic mass is 10.2. The summed E-state index contributed by atoms with van der Waals surface area (Å²) in [5, 5.41) is 14.8. The lowest BCUT2D eigenvalue weighted by molar-refractivity contribution is -0.117. The van der Waals surface area contributed by atoms with Crippen LogP contribution in [0.25, 0.3) is 11.4 Å². The van der Waals surface area contributed by atoms with Crippen molar-refractivity contribution in [2.45, 2.75) is 13.5 Å².